The highest BCUT2D eigenvalue weighted by atomic mass is 32.1. The lowest BCUT2D eigenvalue weighted by Gasteiger charge is -2.03. The van der Waals surface area contributed by atoms with E-state index < -0.39 is 0 Å². The Hall–Kier alpha value is -1.10. The van der Waals surface area contributed by atoms with E-state index in [-0.39, 0.29) is 5.95 Å². The number of hydrogen-bond donors (Lipinski definition) is 1. The van der Waals surface area contributed by atoms with Crippen molar-refractivity contribution in [2.75, 3.05) is 4.31 Å². The lowest BCUT2D eigenvalue weighted by atomic mass is 10.7. The van der Waals surface area contributed by atoms with Gasteiger partial charge in [0.1, 0.15) is 0 Å². The topological polar surface area (TPSA) is 46.1 Å². The molecular weight excluding hydrogens is 150 g/mol. The standard InChI is InChI=1S/C5H5N3OS/c9-4-8(10)5-6-2-1-3-7-5/h1-4,10H. The smallest absolute Gasteiger partial charge is 0.242 e. The van der Waals surface area contributed by atoms with Crippen LogP contribution in [0, 0.1) is 0 Å². The average molecular weight is 155 g/mol. The number of carbonyl (C=O) groups is 1. The monoisotopic (exact) mass is 155 g/mol. The van der Waals surface area contributed by atoms with Gasteiger partial charge in [-0.3, -0.25) is 4.79 Å². The van der Waals surface area contributed by atoms with Gasteiger partial charge in [0.2, 0.25) is 12.4 Å². The fraction of sp³-hybridized carbons (Fsp3) is 0. The molecule has 0 N–H and O–H groups in total. The van der Waals surface area contributed by atoms with Crippen LogP contribution in [0.5, 0.6) is 0 Å². The summed E-state index contributed by atoms with van der Waals surface area (Å²) < 4.78 is 1.000. The van der Waals surface area contributed by atoms with E-state index in [4.69, 9.17) is 0 Å². The Labute approximate surface area is 63.4 Å². The summed E-state index contributed by atoms with van der Waals surface area (Å²) in [6.45, 7) is 0. The van der Waals surface area contributed by atoms with Gasteiger partial charge in [0, 0.05) is 12.4 Å². The zero-order valence-corrected chi connectivity index (χ0v) is 5.90. The van der Waals surface area contributed by atoms with Crippen LogP contribution in [0.25, 0.3) is 0 Å². The molecule has 0 aromatic carbocycles. The van der Waals surface area contributed by atoms with Crippen molar-refractivity contribution in [1.82, 2.24) is 9.97 Å². The first-order valence-corrected chi connectivity index (χ1v) is 2.95. The van der Waals surface area contributed by atoms with Crippen LogP contribution in [0.3, 0.4) is 0 Å². The SMILES string of the molecule is O=CN(S)c1ncccn1. The van der Waals surface area contributed by atoms with Gasteiger partial charge in [-0.25, -0.2) is 14.3 Å². The summed E-state index contributed by atoms with van der Waals surface area (Å²) in [6, 6.07) is 1.66. The predicted octanol–water partition coefficient (Wildman–Crippen LogP) is 0.284. The summed E-state index contributed by atoms with van der Waals surface area (Å²) in [4.78, 5) is 17.6. The number of anilines is 1. The summed E-state index contributed by atoms with van der Waals surface area (Å²) in [7, 11) is 0. The second kappa shape index (κ2) is 3.17. The molecule has 0 spiro atoms. The number of carbonyl (C=O) groups excluding carboxylic acids is 1. The average Bonchev–Trinajstić information content (AvgIpc) is 2.05. The van der Waals surface area contributed by atoms with Crippen molar-refractivity contribution in [3.63, 3.8) is 0 Å². The zero-order chi connectivity index (χ0) is 7.40. The summed E-state index contributed by atoms with van der Waals surface area (Å²) >= 11 is 3.76. The van der Waals surface area contributed by atoms with Gasteiger partial charge in [0.05, 0.1) is 0 Å². The minimum Gasteiger partial charge on any atom is -0.277 e. The first-order chi connectivity index (χ1) is 4.84. The van der Waals surface area contributed by atoms with Gasteiger partial charge in [0.25, 0.3) is 0 Å². The summed E-state index contributed by atoms with van der Waals surface area (Å²) in [6.07, 6.45) is 3.60. The molecule has 1 rings (SSSR count). The zero-order valence-electron chi connectivity index (χ0n) is 5.01. The Morgan fingerprint density at radius 3 is 2.60 bits per heavy atom. The summed E-state index contributed by atoms with van der Waals surface area (Å²) in [5, 5.41) is 0. The molecule has 1 aromatic rings. The van der Waals surface area contributed by atoms with Gasteiger partial charge in [0.15, 0.2) is 0 Å². The van der Waals surface area contributed by atoms with Gasteiger partial charge in [-0.05, 0) is 6.07 Å². The third-order valence-electron chi connectivity index (χ3n) is 0.857. The van der Waals surface area contributed by atoms with Gasteiger partial charge in [-0.2, -0.15) is 0 Å². The molecule has 1 amide bonds. The molecule has 0 radical (unpaired) electrons. The number of nitrogens with zero attached hydrogens (tertiary/aromatic N) is 3. The van der Waals surface area contributed by atoms with Crippen LogP contribution in [-0.2, 0) is 4.79 Å². The number of hydrogen-bond acceptors (Lipinski definition) is 4. The predicted molar refractivity (Wildman–Crippen MR) is 39.6 cm³/mol. The van der Waals surface area contributed by atoms with Crippen molar-refractivity contribution < 1.29 is 4.79 Å². The van der Waals surface area contributed by atoms with E-state index in [0.29, 0.717) is 6.41 Å². The van der Waals surface area contributed by atoms with Crippen molar-refractivity contribution >= 4 is 25.2 Å². The maximum Gasteiger partial charge on any atom is 0.242 e. The van der Waals surface area contributed by atoms with Gasteiger partial charge < -0.3 is 0 Å². The van der Waals surface area contributed by atoms with E-state index in [9.17, 15) is 4.79 Å². The fourth-order valence-corrected chi connectivity index (χ4v) is 0.560. The molecule has 4 nitrogen and oxygen atoms in total. The van der Waals surface area contributed by atoms with E-state index in [1.54, 1.807) is 6.07 Å². The van der Waals surface area contributed by atoms with Crippen LogP contribution in [0.2, 0.25) is 0 Å². The van der Waals surface area contributed by atoms with Crippen LogP contribution in [0.4, 0.5) is 5.95 Å². The maximum absolute atomic E-state index is 10.1. The molecule has 5 heteroatoms. The van der Waals surface area contributed by atoms with Gasteiger partial charge in [-0.15, -0.1) is 0 Å². The molecule has 0 aliphatic carbocycles. The van der Waals surface area contributed by atoms with Crippen molar-refractivity contribution in [3.8, 4) is 0 Å². The van der Waals surface area contributed by atoms with Gasteiger partial charge >= 0.3 is 0 Å². The molecule has 0 saturated heterocycles. The maximum atomic E-state index is 10.1. The molecule has 0 bridgehead atoms. The van der Waals surface area contributed by atoms with Crippen molar-refractivity contribution in [2.24, 2.45) is 0 Å². The molecule has 0 aliphatic heterocycles. The molecule has 52 valence electrons. The Morgan fingerprint density at radius 1 is 1.50 bits per heavy atom. The highest BCUT2D eigenvalue weighted by molar-refractivity contribution is 7.82. The third kappa shape index (κ3) is 1.44. The minimum absolute atomic E-state index is 0.279. The van der Waals surface area contributed by atoms with Crippen LogP contribution in [0.1, 0.15) is 0 Å². The van der Waals surface area contributed by atoms with Crippen LogP contribution in [0.15, 0.2) is 18.5 Å². The van der Waals surface area contributed by atoms with Crippen molar-refractivity contribution in [1.29, 1.82) is 0 Å². The Kier molecular flexibility index (Phi) is 2.22. The normalized spacial score (nSPS) is 8.90. The lowest BCUT2D eigenvalue weighted by molar-refractivity contribution is -0.106. The number of amides is 1. The van der Waals surface area contributed by atoms with E-state index in [2.05, 4.69) is 22.8 Å². The highest BCUT2D eigenvalue weighted by Gasteiger charge is 1.98. The Bertz CT molecular complexity index is 215. The second-order valence-electron chi connectivity index (χ2n) is 1.50. The fourth-order valence-electron chi connectivity index (χ4n) is 0.457. The molecule has 0 saturated carbocycles. The molecule has 0 unspecified atom stereocenters. The van der Waals surface area contributed by atoms with E-state index in [1.807, 2.05) is 0 Å². The summed E-state index contributed by atoms with van der Waals surface area (Å²) in [5.74, 6) is 0.279. The van der Waals surface area contributed by atoms with E-state index >= 15 is 0 Å². The summed E-state index contributed by atoms with van der Waals surface area (Å²) in [5.41, 5.74) is 0. The van der Waals surface area contributed by atoms with Crippen molar-refractivity contribution in [2.45, 2.75) is 0 Å². The van der Waals surface area contributed by atoms with Gasteiger partial charge in [-0.1, -0.05) is 12.8 Å². The van der Waals surface area contributed by atoms with Crippen LogP contribution in [-0.4, -0.2) is 16.4 Å². The molecule has 0 aliphatic rings. The minimum atomic E-state index is 0.279. The Balaban J connectivity index is 2.84. The third-order valence-corrected chi connectivity index (χ3v) is 1.13. The first kappa shape index (κ1) is 7.01. The molecule has 0 fully saturated rings. The number of rotatable bonds is 2. The van der Waals surface area contributed by atoms with Crippen LogP contribution < -0.4 is 4.31 Å². The largest absolute Gasteiger partial charge is 0.277 e. The van der Waals surface area contributed by atoms with Crippen molar-refractivity contribution in [3.05, 3.63) is 18.5 Å². The van der Waals surface area contributed by atoms with E-state index in [1.165, 1.54) is 12.4 Å². The second-order valence-corrected chi connectivity index (χ2v) is 1.93. The highest BCUT2D eigenvalue weighted by Crippen LogP contribution is 2.02. The molecular formula is C5H5N3OS. The first-order valence-electron chi connectivity index (χ1n) is 2.55. The van der Waals surface area contributed by atoms with E-state index in [0.717, 1.165) is 4.31 Å². The number of aromatic nitrogens is 2. The lowest BCUT2D eigenvalue weighted by Crippen LogP contribution is -2.09. The quantitative estimate of drug-likeness (QED) is 0.493. The molecule has 0 atom stereocenters. The Morgan fingerprint density at radius 2 is 2.10 bits per heavy atom. The molecule has 1 aromatic heterocycles. The molecule has 1 heterocycles. The number of thiol groups is 1. The molecule has 10 heavy (non-hydrogen) atoms. The van der Waals surface area contributed by atoms with Crippen LogP contribution >= 0.6 is 12.8 Å².